The van der Waals surface area contributed by atoms with E-state index < -0.39 is 0 Å². The van der Waals surface area contributed by atoms with Gasteiger partial charge in [0.1, 0.15) is 0 Å². The summed E-state index contributed by atoms with van der Waals surface area (Å²) in [7, 11) is 3.33. The van der Waals surface area contributed by atoms with Gasteiger partial charge < -0.3 is 9.64 Å². The lowest BCUT2D eigenvalue weighted by Crippen LogP contribution is -2.20. The molecule has 0 atom stereocenters. The third-order valence-corrected chi connectivity index (χ3v) is 2.39. The number of methoxy groups -OCH3 is 1. The monoisotopic (exact) mass is 265 g/mol. The molecule has 0 aromatic carbocycles. The van der Waals surface area contributed by atoms with Crippen LogP contribution in [0.1, 0.15) is 5.69 Å². The Kier molecular flexibility index (Phi) is 3.88. The van der Waals surface area contributed by atoms with Crippen molar-refractivity contribution in [1.82, 2.24) is 19.9 Å². The molecule has 0 radical (unpaired) electrons. The van der Waals surface area contributed by atoms with E-state index in [0.717, 1.165) is 5.69 Å². The Morgan fingerprint density at radius 1 is 1.28 bits per heavy atom. The van der Waals surface area contributed by atoms with Crippen molar-refractivity contribution in [1.29, 1.82) is 0 Å². The maximum Gasteiger partial charge on any atom is 0.322 e. The van der Waals surface area contributed by atoms with Gasteiger partial charge in [-0.25, -0.2) is 0 Å². The van der Waals surface area contributed by atoms with Crippen molar-refractivity contribution in [2.75, 3.05) is 19.1 Å². The van der Waals surface area contributed by atoms with E-state index in [1.807, 2.05) is 30.1 Å². The van der Waals surface area contributed by atoms with Gasteiger partial charge in [0, 0.05) is 13.2 Å². The molecular formula is C11H12ClN5O. The van der Waals surface area contributed by atoms with Gasteiger partial charge in [0.05, 0.1) is 19.3 Å². The molecule has 2 rings (SSSR count). The molecule has 0 N–H and O–H groups in total. The first-order valence-corrected chi connectivity index (χ1v) is 5.63. The minimum absolute atomic E-state index is 0.102. The predicted molar refractivity (Wildman–Crippen MR) is 67.7 cm³/mol. The minimum atomic E-state index is 0.102. The Bertz CT molecular complexity index is 522. The van der Waals surface area contributed by atoms with E-state index in [2.05, 4.69) is 19.9 Å². The van der Waals surface area contributed by atoms with Gasteiger partial charge in [-0.2, -0.15) is 15.0 Å². The van der Waals surface area contributed by atoms with Crippen LogP contribution in [0.3, 0.4) is 0 Å². The van der Waals surface area contributed by atoms with Crippen molar-refractivity contribution < 1.29 is 4.74 Å². The summed E-state index contributed by atoms with van der Waals surface area (Å²) in [6, 6.07) is 5.91. The molecular weight excluding hydrogens is 254 g/mol. The summed E-state index contributed by atoms with van der Waals surface area (Å²) < 4.78 is 4.95. The highest BCUT2D eigenvalue weighted by molar-refractivity contribution is 6.28. The zero-order valence-electron chi connectivity index (χ0n) is 10.0. The molecule has 0 unspecified atom stereocenters. The molecule has 6 nitrogen and oxygen atoms in total. The molecule has 2 heterocycles. The summed E-state index contributed by atoms with van der Waals surface area (Å²) in [6.07, 6.45) is 1.74. The van der Waals surface area contributed by atoms with E-state index in [0.29, 0.717) is 12.5 Å². The average molecular weight is 266 g/mol. The van der Waals surface area contributed by atoms with Crippen LogP contribution in [0.15, 0.2) is 24.4 Å². The van der Waals surface area contributed by atoms with Gasteiger partial charge in [0.2, 0.25) is 11.2 Å². The maximum atomic E-state index is 5.79. The average Bonchev–Trinajstić information content (AvgIpc) is 2.39. The van der Waals surface area contributed by atoms with Crippen molar-refractivity contribution in [3.8, 4) is 6.01 Å². The van der Waals surface area contributed by atoms with Gasteiger partial charge in [-0.1, -0.05) is 6.07 Å². The highest BCUT2D eigenvalue weighted by atomic mass is 35.5. The van der Waals surface area contributed by atoms with Crippen LogP contribution in [-0.4, -0.2) is 34.1 Å². The summed E-state index contributed by atoms with van der Waals surface area (Å²) in [5.41, 5.74) is 0.913. The molecule has 0 spiro atoms. The molecule has 0 aliphatic heterocycles. The van der Waals surface area contributed by atoms with E-state index >= 15 is 0 Å². The third-order valence-electron chi connectivity index (χ3n) is 2.23. The van der Waals surface area contributed by atoms with Crippen LogP contribution in [0, 0.1) is 0 Å². The normalized spacial score (nSPS) is 10.2. The molecule has 0 saturated heterocycles. The summed E-state index contributed by atoms with van der Waals surface area (Å²) in [6.45, 7) is 0.574. The standard InChI is InChI=1S/C11H12ClN5O/c1-17(7-8-5-3-4-6-13-8)10-14-9(12)15-11(16-10)18-2/h3-6H,7H2,1-2H3. The number of anilines is 1. The van der Waals surface area contributed by atoms with Gasteiger partial charge in [0.15, 0.2) is 0 Å². The predicted octanol–water partition coefficient (Wildman–Crippen LogP) is 1.56. The van der Waals surface area contributed by atoms with Crippen LogP contribution in [0.4, 0.5) is 5.95 Å². The Morgan fingerprint density at radius 3 is 2.78 bits per heavy atom. The zero-order valence-corrected chi connectivity index (χ0v) is 10.8. The number of aromatic nitrogens is 4. The van der Waals surface area contributed by atoms with Crippen LogP contribution in [0.5, 0.6) is 6.01 Å². The SMILES string of the molecule is COc1nc(Cl)nc(N(C)Cc2ccccn2)n1. The summed E-state index contributed by atoms with van der Waals surface area (Å²) in [5.74, 6) is 0.442. The number of nitrogens with zero attached hydrogens (tertiary/aromatic N) is 5. The molecule has 0 aliphatic carbocycles. The lowest BCUT2D eigenvalue weighted by molar-refractivity contribution is 0.378. The van der Waals surface area contributed by atoms with E-state index in [-0.39, 0.29) is 11.3 Å². The Morgan fingerprint density at radius 2 is 2.11 bits per heavy atom. The van der Waals surface area contributed by atoms with Crippen LogP contribution < -0.4 is 9.64 Å². The second kappa shape index (κ2) is 5.59. The maximum absolute atomic E-state index is 5.79. The molecule has 0 fully saturated rings. The lowest BCUT2D eigenvalue weighted by atomic mass is 10.3. The molecule has 7 heteroatoms. The third kappa shape index (κ3) is 3.04. The fourth-order valence-electron chi connectivity index (χ4n) is 1.39. The molecule has 2 aromatic rings. The first-order chi connectivity index (χ1) is 8.69. The zero-order chi connectivity index (χ0) is 13.0. The molecule has 0 saturated carbocycles. The first kappa shape index (κ1) is 12.5. The highest BCUT2D eigenvalue weighted by Gasteiger charge is 2.10. The first-order valence-electron chi connectivity index (χ1n) is 5.25. The fraction of sp³-hybridized carbons (Fsp3) is 0.273. The number of ether oxygens (including phenoxy) is 1. The van der Waals surface area contributed by atoms with Gasteiger partial charge in [0.25, 0.3) is 0 Å². The molecule has 0 aliphatic rings. The number of hydrogen-bond donors (Lipinski definition) is 0. The van der Waals surface area contributed by atoms with Gasteiger partial charge in [-0.15, -0.1) is 0 Å². The van der Waals surface area contributed by atoms with Gasteiger partial charge >= 0.3 is 6.01 Å². The van der Waals surface area contributed by atoms with Crippen LogP contribution in [0.25, 0.3) is 0 Å². The highest BCUT2D eigenvalue weighted by Crippen LogP contribution is 2.15. The van der Waals surface area contributed by atoms with Crippen LogP contribution in [-0.2, 0) is 6.54 Å². The summed E-state index contributed by atoms with van der Waals surface area (Å²) in [5, 5.41) is 0.102. The molecule has 2 aromatic heterocycles. The van der Waals surface area contributed by atoms with Gasteiger partial charge in [-0.3, -0.25) is 4.98 Å². The van der Waals surface area contributed by atoms with E-state index in [9.17, 15) is 0 Å². The topological polar surface area (TPSA) is 64.0 Å². The minimum Gasteiger partial charge on any atom is -0.467 e. The molecule has 0 bridgehead atoms. The summed E-state index contributed by atoms with van der Waals surface area (Å²) in [4.78, 5) is 18.0. The van der Waals surface area contributed by atoms with E-state index in [1.54, 1.807) is 6.20 Å². The largest absolute Gasteiger partial charge is 0.467 e. The van der Waals surface area contributed by atoms with Gasteiger partial charge in [-0.05, 0) is 23.7 Å². The second-order valence-electron chi connectivity index (χ2n) is 3.57. The van der Waals surface area contributed by atoms with Crippen molar-refractivity contribution in [3.05, 3.63) is 35.4 Å². The Labute approximate surface area is 110 Å². The molecule has 94 valence electrons. The van der Waals surface area contributed by atoms with E-state index in [4.69, 9.17) is 16.3 Å². The molecule has 0 amide bonds. The molecule has 18 heavy (non-hydrogen) atoms. The van der Waals surface area contributed by atoms with E-state index in [1.165, 1.54) is 7.11 Å². The Balaban J connectivity index is 2.18. The Hall–Kier alpha value is -1.95. The smallest absolute Gasteiger partial charge is 0.322 e. The van der Waals surface area contributed by atoms with Crippen LogP contribution in [0.2, 0.25) is 5.28 Å². The lowest BCUT2D eigenvalue weighted by Gasteiger charge is -2.16. The van der Waals surface area contributed by atoms with Crippen molar-refractivity contribution >= 4 is 17.5 Å². The van der Waals surface area contributed by atoms with Crippen molar-refractivity contribution in [2.45, 2.75) is 6.54 Å². The second-order valence-corrected chi connectivity index (χ2v) is 3.91. The van der Waals surface area contributed by atoms with Crippen molar-refractivity contribution in [2.24, 2.45) is 0 Å². The number of hydrogen-bond acceptors (Lipinski definition) is 6. The number of pyridine rings is 1. The van der Waals surface area contributed by atoms with Crippen LogP contribution >= 0.6 is 11.6 Å². The fourth-order valence-corrected chi connectivity index (χ4v) is 1.54. The summed E-state index contributed by atoms with van der Waals surface area (Å²) >= 11 is 5.79. The van der Waals surface area contributed by atoms with Crippen molar-refractivity contribution in [3.63, 3.8) is 0 Å². The number of rotatable bonds is 4. The number of halogens is 1. The quantitative estimate of drug-likeness (QED) is 0.836.